The number of rotatable bonds is 1. The third-order valence-corrected chi connectivity index (χ3v) is 6.22. The molecule has 1 N–H and O–H groups in total. The zero-order valence-electron chi connectivity index (χ0n) is 14.2. The number of H-pyrrole nitrogens is 1. The molecule has 0 aliphatic carbocycles. The highest BCUT2D eigenvalue weighted by Crippen LogP contribution is 2.45. The second kappa shape index (κ2) is 5.59. The van der Waals surface area contributed by atoms with Crippen molar-refractivity contribution in [2.75, 3.05) is 7.05 Å². The van der Waals surface area contributed by atoms with Crippen LogP contribution in [0, 0.1) is 5.82 Å². The van der Waals surface area contributed by atoms with E-state index in [-0.39, 0.29) is 29.3 Å². The highest BCUT2D eigenvalue weighted by Gasteiger charge is 2.50. The van der Waals surface area contributed by atoms with Crippen LogP contribution >= 0.6 is 12.6 Å². The van der Waals surface area contributed by atoms with Gasteiger partial charge >= 0.3 is 0 Å². The minimum atomic E-state index is -0.317. The average molecular weight is 367 g/mol. The highest BCUT2D eigenvalue weighted by molar-refractivity contribution is 7.80. The maximum absolute atomic E-state index is 13.5. The maximum atomic E-state index is 13.5. The number of carbonyl (C=O) groups is 1. The summed E-state index contributed by atoms with van der Waals surface area (Å²) in [4.78, 5) is 20.2. The molecule has 132 valence electrons. The van der Waals surface area contributed by atoms with E-state index in [1.54, 1.807) is 24.1 Å². The van der Waals surface area contributed by atoms with Crippen molar-refractivity contribution >= 4 is 29.4 Å². The molecule has 1 saturated heterocycles. The van der Waals surface area contributed by atoms with E-state index in [9.17, 15) is 9.18 Å². The molecule has 5 rings (SSSR count). The van der Waals surface area contributed by atoms with Gasteiger partial charge in [-0.15, -0.1) is 12.6 Å². The summed E-state index contributed by atoms with van der Waals surface area (Å²) in [5.74, 6) is -0.192. The molecule has 2 aromatic carbocycles. The number of nitrogens with one attached hydrogen (secondary N) is 1. The first-order chi connectivity index (χ1) is 12.6. The summed E-state index contributed by atoms with van der Waals surface area (Å²) in [5.41, 5.74) is 3.92. The molecule has 3 atom stereocenters. The molecule has 3 aromatic rings. The molecule has 1 aromatic heterocycles. The van der Waals surface area contributed by atoms with Gasteiger partial charge in [0, 0.05) is 23.6 Å². The molecule has 26 heavy (non-hydrogen) atoms. The Bertz CT molecular complexity index is 1020. The molecule has 2 aliphatic rings. The maximum Gasteiger partial charge on any atom is 0.242 e. The van der Waals surface area contributed by atoms with E-state index in [2.05, 4.69) is 16.0 Å². The van der Waals surface area contributed by atoms with Crippen molar-refractivity contribution in [1.29, 1.82) is 0 Å². The lowest BCUT2D eigenvalue weighted by Crippen LogP contribution is -2.44. The molecule has 2 aliphatic heterocycles. The number of halogens is 1. The van der Waals surface area contributed by atoms with Crippen molar-refractivity contribution in [3.63, 3.8) is 0 Å². The Kier molecular flexibility index (Phi) is 3.42. The number of hydrogen-bond acceptors (Lipinski definition) is 3. The van der Waals surface area contributed by atoms with Crippen LogP contribution in [-0.4, -0.2) is 39.3 Å². The molecule has 3 heterocycles. The van der Waals surface area contributed by atoms with Crippen LogP contribution in [0.15, 0.2) is 48.5 Å². The fourth-order valence-electron chi connectivity index (χ4n) is 4.34. The van der Waals surface area contributed by atoms with Crippen molar-refractivity contribution in [1.82, 2.24) is 14.8 Å². The van der Waals surface area contributed by atoms with Crippen LogP contribution in [0.5, 0.6) is 0 Å². The molecule has 0 spiro atoms. The number of hydrogen-bond donors (Lipinski definition) is 2. The molecule has 0 saturated carbocycles. The zero-order chi connectivity index (χ0) is 18.0. The Morgan fingerprint density at radius 1 is 1.15 bits per heavy atom. The number of benzene rings is 2. The largest absolute Gasteiger partial charge is 0.357 e. The average Bonchev–Trinajstić information content (AvgIpc) is 3.13. The molecule has 3 unspecified atom stereocenters. The summed E-state index contributed by atoms with van der Waals surface area (Å²) in [6.45, 7) is 0. The van der Waals surface area contributed by atoms with Crippen molar-refractivity contribution in [2.45, 2.75) is 24.0 Å². The molecular weight excluding hydrogens is 349 g/mol. The van der Waals surface area contributed by atoms with Crippen LogP contribution in [0.2, 0.25) is 0 Å². The number of aromatic amines is 1. The van der Waals surface area contributed by atoms with E-state index < -0.39 is 0 Å². The standard InChI is InChI=1S/C20H18FN3OS/c1-23-19(25)16-10-14-13-4-2-3-5-15(13)22-17(14)18(24(16)20(23)26)11-6-8-12(21)9-7-11/h2-9,16,18,20,22,26H,10H2,1H3. The monoisotopic (exact) mass is 367 g/mol. The van der Waals surface area contributed by atoms with Gasteiger partial charge in [0.15, 0.2) is 0 Å². The van der Waals surface area contributed by atoms with Crippen molar-refractivity contribution < 1.29 is 9.18 Å². The van der Waals surface area contributed by atoms with E-state index in [0.29, 0.717) is 6.42 Å². The number of fused-ring (bicyclic) bond motifs is 4. The second-order valence-corrected chi connectivity index (χ2v) is 7.44. The fraction of sp³-hybridized carbons (Fsp3) is 0.250. The van der Waals surface area contributed by atoms with E-state index in [1.807, 2.05) is 18.2 Å². The lowest BCUT2D eigenvalue weighted by atomic mass is 9.89. The first-order valence-electron chi connectivity index (χ1n) is 8.63. The van der Waals surface area contributed by atoms with Crippen molar-refractivity contribution in [3.8, 4) is 0 Å². The highest BCUT2D eigenvalue weighted by atomic mass is 32.1. The van der Waals surface area contributed by atoms with E-state index in [4.69, 9.17) is 12.6 Å². The minimum absolute atomic E-state index is 0.0769. The van der Waals surface area contributed by atoms with Gasteiger partial charge in [-0.1, -0.05) is 30.3 Å². The summed E-state index contributed by atoms with van der Waals surface area (Å²) in [5, 5.41) is 1.15. The molecule has 0 bridgehead atoms. The quantitative estimate of drug-likeness (QED) is 0.648. The van der Waals surface area contributed by atoms with E-state index >= 15 is 0 Å². The Morgan fingerprint density at radius 3 is 2.65 bits per heavy atom. The van der Waals surface area contributed by atoms with Crippen LogP contribution in [0.4, 0.5) is 4.39 Å². The first-order valence-corrected chi connectivity index (χ1v) is 9.15. The predicted octanol–water partition coefficient (Wildman–Crippen LogP) is 3.31. The van der Waals surface area contributed by atoms with Crippen LogP contribution in [0.25, 0.3) is 10.9 Å². The first kappa shape index (κ1) is 15.9. The van der Waals surface area contributed by atoms with Crippen LogP contribution in [0.3, 0.4) is 0 Å². The smallest absolute Gasteiger partial charge is 0.242 e. The Hall–Kier alpha value is -2.31. The summed E-state index contributed by atoms with van der Waals surface area (Å²) in [7, 11) is 1.78. The summed E-state index contributed by atoms with van der Waals surface area (Å²) in [6.07, 6.45) is 0.650. The number of aromatic nitrogens is 1. The van der Waals surface area contributed by atoms with Crippen LogP contribution in [-0.2, 0) is 11.2 Å². The Labute approximate surface area is 156 Å². The summed E-state index contributed by atoms with van der Waals surface area (Å²) < 4.78 is 13.5. The lowest BCUT2D eigenvalue weighted by Gasteiger charge is -2.38. The second-order valence-electron chi connectivity index (χ2n) is 6.98. The normalized spacial score (nSPS) is 25.6. The number of amides is 1. The number of likely N-dealkylation sites (N-methyl/N-ethyl adjacent to an activating group) is 1. The Balaban J connectivity index is 1.76. The molecule has 6 heteroatoms. The topological polar surface area (TPSA) is 39.3 Å². The SMILES string of the molecule is CN1C(=O)C2Cc3c([nH]c4ccccc34)C(c3ccc(F)cc3)N2C1S. The zero-order valence-corrected chi connectivity index (χ0v) is 15.1. The molecule has 1 fully saturated rings. The number of carbonyl (C=O) groups excluding carboxylic acids is 1. The van der Waals surface area contributed by atoms with E-state index in [1.165, 1.54) is 17.7 Å². The summed E-state index contributed by atoms with van der Waals surface area (Å²) in [6, 6.07) is 14.2. The lowest BCUT2D eigenvalue weighted by molar-refractivity contribution is -0.128. The van der Waals surface area contributed by atoms with Gasteiger partial charge in [0.1, 0.15) is 11.3 Å². The molecular formula is C20H18FN3OS. The van der Waals surface area contributed by atoms with Gasteiger partial charge in [-0.25, -0.2) is 9.29 Å². The van der Waals surface area contributed by atoms with Gasteiger partial charge in [0.2, 0.25) is 5.91 Å². The van der Waals surface area contributed by atoms with Gasteiger partial charge < -0.3 is 9.88 Å². The third-order valence-electron chi connectivity index (χ3n) is 5.61. The van der Waals surface area contributed by atoms with Gasteiger partial charge in [0.05, 0.1) is 12.1 Å². The Morgan fingerprint density at radius 2 is 1.88 bits per heavy atom. The van der Waals surface area contributed by atoms with Crippen molar-refractivity contribution in [3.05, 3.63) is 71.2 Å². The van der Waals surface area contributed by atoms with Gasteiger partial charge in [-0.3, -0.25) is 4.79 Å². The predicted molar refractivity (Wildman–Crippen MR) is 101 cm³/mol. The van der Waals surface area contributed by atoms with Gasteiger partial charge in [-0.2, -0.15) is 0 Å². The molecule has 0 radical (unpaired) electrons. The minimum Gasteiger partial charge on any atom is -0.357 e. The third kappa shape index (κ3) is 2.09. The van der Waals surface area contributed by atoms with Crippen LogP contribution < -0.4 is 0 Å². The van der Waals surface area contributed by atoms with Gasteiger partial charge in [-0.05, 0) is 35.7 Å². The molecule has 1 amide bonds. The summed E-state index contributed by atoms with van der Waals surface area (Å²) >= 11 is 4.70. The fourth-order valence-corrected chi connectivity index (χ4v) is 4.75. The van der Waals surface area contributed by atoms with Gasteiger partial charge in [0.25, 0.3) is 0 Å². The van der Waals surface area contributed by atoms with Crippen LogP contribution in [0.1, 0.15) is 22.9 Å². The number of nitrogens with zero attached hydrogens (tertiary/aromatic N) is 2. The number of para-hydroxylation sites is 1. The molecule has 4 nitrogen and oxygen atoms in total. The number of thiol groups is 1. The van der Waals surface area contributed by atoms with E-state index in [0.717, 1.165) is 22.2 Å². The van der Waals surface area contributed by atoms with Crippen molar-refractivity contribution in [2.24, 2.45) is 0 Å².